The molecule has 0 unspecified atom stereocenters. The second kappa shape index (κ2) is 9.82. The fourth-order valence-corrected chi connectivity index (χ4v) is 5.03. The summed E-state index contributed by atoms with van der Waals surface area (Å²) in [7, 11) is 3.19. The first-order valence-corrected chi connectivity index (χ1v) is 12.1. The molecule has 1 amide bonds. The van der Waals surface area contributed by atoms with Crippen LogP contribution < -0.4 is 25.2 Å². The van der Waals surface area contributed by atoms with E-state index in [1.54, 1.807) is 14.2 Å². The molecule has 0 radical (unpaired) electrons. The molecule has 1 aromatic carbocycles. The van der Waals surface area contributed by atoms with Crippen LogP contribution in [0.3, 0.4) is 0 Å². The van der Waals surface area contributed by atoms with Gasteiger partial charge in [0.2, 0.25) is 11.9 Å². The largest absolute Gasteiger partial charge is 0.493 e. The van der Waals surface area contributed by atoms with Crippen LogP contribution in [0, 0.1) is 5.92 Å². The van der Waals surface area contributed by atoms with E-state index in [2.05, 4.69) is 17.2 Å². The number of fused-ring (bicyclic) bond motifs is 1. The fourth-order valence-electron chi connectivity index (χ4n) is 4.12. The second-order valence-corrected chi connectivity index (χ2v) is 9.27. The van der Waals surface area contributed by atoms with Gasteiger partial charge in [0.15, 0.2) is 11.5 Å². The van der Waals surface area contributed by atoms with Crippen molar-refractivity contribution in [2.75, 3.05) is 32.2 Å². The number of amides is 1. The summed E-state index contributed by atoms with van der Waals surface area (Å²) in [5.41, 5.74) is 2.24. The van der Waals surface area contributed by atoms with E-state index < -0.39 is 0 Å². The number of carbonyl (C=O) groups excluding carboxylic acids is 1. The molecule has 3 heterocycles. The lowest BCUT2D eigenvalue weighted by atomic mass is 9.97. The molecular weight excluding hydrogens is 440 g/mol. The Hall–Kier alpha value is -3.07. The van der Waals surface area contributed by atoms with Crippen LogP contribution >= 0.6 is 11.3 Å². The van der Waals surface area contributed by atoms with Crippen molar-refractivity contribution in [1.29, 1.82) is 0 Å². The van der Waals surface area contributed by atoms with Gasteiger partial charge in [-0.05, 0) is 43.9 Å². The average Bonchev–Trinajstić information content (AvgIpc) is 3.28. The van der Waals surface area contributed by atoms with E-state index >= 15 is 0 Å². The number of aromatic nitrogens is 2. The van der Waals surface area contributed by atoms with Crippen molar-refractivity contribution < 1.29 is 14.3 Å². The minimum atomic E-state index is -0.169. The summed E-state index contributed by atoms with van der Waals surface area (Å²) in [6.45, 7) is 5.35. The van der Waals surface area contributed by atoms with Gasteiger partial charge in [-0.25, -0.2) is 4.98 Å². The molecule has 1 saturated heterocycles. The Balaban J connectivity index is 1.66. The van der Waals surface area contributed by atoms with Crippen LogP contribution in [0.1, 0.15) is 33.1 Å². The summed E-state index contributed by atoms with van der Waals surface area (Å²) in [6, 6.07) is 5.81. The Bertz CT molecular complexity index is 1200. The van der Waals surface area contributed by atoms with E-state index in [0.717, 1.165) is 36.9 Å². The number of aromatic amines is 1. The molecule has 1 fully saturated rings. The number of H-pyrrole nitrogens is 1. The molecule has 2 aromatic heterocycles. The number of methoxy groups -OCH3 is 2. The number of thiophene rings is 1. The summed E-state index contributed by atoms with van der Waals surface area (Å²) < 4.78 is 11.4. The van der Waals surface area contributed by atoms with E-state index in [0.29, 0.717) is 34.2 Å². The number of piperidine rings is 1. The maximum atomic E-state index is 12.9. The van der Waals surface area contributed by atoms with Gasteiger partial charge in [-0.1, -0.05) is 13.0 Å². The number of nitrogens with one attached hydrogen (secondary N) is 2. The van der Waals surface area contributed by atoms with Crippen LogP contribution in [0.2, 0.25) is 0 Å². The first-order chi connectivity index (χ1) is 15.9. The SMILES string of the molecule is CC[C@H](C)NC(=O)[C@@H]1CCCN(c2nc3c(-c4ccc(OC)c(OC)c4)csc3c(=O)[nH]2)C1. The summed E-state index contributed by atoms with van der Waals surface area (Å²) in [6.07, 6.45) is 2.60. The third-order valence-electron chi connectivity index (χ3n) is 6.20. The first kappa shape index (κ1) is 23.1. The summed E-state index contributed by atoms with van der Waals surface area (Å²) in [5, 5.41) is 5.02. The molecule has 9 heteroatoms. The molecule has 1 aliphatic rings. The monoisotopic (exact) mass is 470 g/mol. The van der Waals surface area contributed by atoms with Crippen molar-refractivity contribution in [3.05, 3.63) is 33.9 Å². The molecule has 0 spiro atoms. The van der Waals surface area contributed by atoms with Crippen LogP contribution in [0.4, 0.5) is 5.95 Å². The van der Waals surface area contributed by atoms with E-state index in [9.17, 15) is 9.59 Å². The van der Waals surface area contributed by atoms with Gasteiger partial charge in [0.05, 0.1) is 25.7 Å². The Labute approximate surface area is 196 Å². The molecule has 1 aliphatic heterocycles. The van der Waals surface area contributed by atoms with Crippen molar-refractivity contribution in [3.8, 4) is 22.6 Å². The number of ether oxygens (including phenoxy) is 2. The first-order valence-electron chi connectivity index (χ1n) is 11.2. The van der Waals surface area contributed by atoms with E-state index in [1.165, 1.54) is 11.3 Å². The quantitative estimate of drug-likeness (QED) is 0.545. The van der Waals surface area contributed by atoms with Gasteiger partial charge in [-0.15, -0.1) is 11.3 Å². The van der Waals surface area contributed by atoms with Crippen LogP contribution in [-0.4, -0.2) is 49.2 Å². The third kappa shape index (κ3) is 4.68. The molecule has 176 valence electrons. The van der Waals surface area contributed by atoms with Crippen LogP contribution in [0.15, 0.2) is 28.4 Å². The zero-order chi connectivity index (χ0) is 23.5. The minimum absolute atomic E-state index is 0.0685. The average molecular weight is 471 g/mol. The van der Waals surface area contributed by atoms with Gasteiger partial charge in [0, 0.05) is 30.1 Å². The van der Waals surface area contributed by atoms with Gasteiger partial charge < -0.3 is 19.7 Å². The highest BCUT2D eigenvalue weighted by atomic mass is 32.1. The van der Waals surface area contributed by atoms with Gasteiger partial charge in [-0.3, -0.25) is 14.6 Å². The predicted octanol–water partition coefficient (Wildman–Crippen LogP) is 3.80. The van der Waals surface area contributed by atoms with E-state index in [4.69, 9.17) is 14.5 Å². The maximum Gasteiger partial charge on any atom is 0.270 e. The summed E-state index contributed by atoms with van der Waals surface area (Å²) in [4.78, 5) is 35.3. The third-order valence-corrected chi connectivity index (χ3v) is 7.17. The number of rotatable bonds is 7. The van der Waals surface area contributed by atoms with Crippen molar-refractivity contribution in [2.45, 2.75) is 39.2 Å². The van der Waals surface area contributed by atoms with Gasteiger partial charge in [0.25, 0.3) is 5.56 Å². The Morgan fingerprint density at radius 1 is 1.33 bits per heavy atom. The molecule has 0 bridgehead atoms. The second-order valence-electron chi connectivity index (χ2n) is 8.39. The van der Waals surface area contributed by atoms with Crippen molar-refractivity contribution in [2.24, 2.45) is 5.92 Å². The van der Waals surface area contributed by atoms with Crippen LogP contribution in [0.5, 0.6) is 11.5 Å². The highest BCUT2D eigenvalue weighted by molar-refractivity contribution is 7.17. The van der Waals surface area contributed by atoms with Gasteiger partial charge in [-0.2, -0.15) is 0 Å². The van der Waals surface area contributed by atoms with Gasteiger partial charge in [0.1, 0.15) is 4.70 Å². The number of hydrogen-bond acceptors (Lipinski definition) is 7. The minimum Gasteiger partial charge on any atom is -0.493 e. The molecule has 33 heavy (non-hydrogen) atoms. The summed E-state index contributed by atoms with van der Waals surface area (Å²) >= 11 is 1.37. The number of carbonyl (C=O) groups is 1. The van der Waals surface area contributed by atoms with Crippen LogP contribution in [0.25, 0.3) is 21.3 Å². The molecule has 8 nitrogen and oxygen atoms in total. The number of anilines is 1. The normalized spacial score (nSPS) is 17.1. The van der Waals surface area contributed by atoms with E-state index in [-0.39, 0.29) is 23.4 Å². The lowest BCUT2D eigenvalue weighted by molar-refractivity contribution is -0.125. The van der Waals surface area contributed by atoms with Crippen LogP contribution in [-0.2, 0) is 4.79 Å². The molecular formula is C24H30N4O4S. The Morgan fingerprint density at radius 2 is 2.12 bits per heavy atom. The lowest BCUT2D eigenvalue weighted by Crippen LogP contribution is -2.46. The molecule has 2 atom stereocenters. The fraction of sp³-hybridized carbons (Fsp3) is 0.458. The zero-order valence-corrected chi connectivity index (χ0v) is 20.3. The number of nitrogens with zero attached hydrogens (tertiary/aromatic N) is 2. The molecule has 4 rings (SSSR count). The summed E-state index contributed by atoms with van der Waals surface area (Å²) in [5.74, 6) is 1.71. The smallest absolute Gasteiger partial charge is 0.270 e. The van der Waals surface area contributed by atoms with E-state index in [1.807, 2.05) is 35.4 Å². The van der Waals surface area contributed by atoms with Crippen molar-refractivity contribution >= 4 is 33.4 Å². The highest BCUT2D eigenvalue weighted by Crippen LogP contribution is 2.37. The predicted molar refractivity (Wildman–Crippen MR) is 132 cm³/mol. The number of hydrogen-bond donors (Lipinski definition) is 2. The molecule has 3 aromatic rings. The number of benzene rings is 1. The van der Waals surface area contributed by atoms with Crippen molar-refractivity contribution in [1.82, 2.24) is 15.3 Å². The van der Waals surface area contributed by atoms with Gasteiger partial charge >= 0.3 is 0 Å². The van der Waals surface area contributed by atoms with Crippen molar-refractivity contribution in [3.63, 3.8) is 0 Å². The molecule has 0 saturated carbocycles. The Kier molecular flexibility index (Phi) is 6.88. The highest BCUT2D eigenvalue weighted by Gasteiger charge is 2.28. The zero-order valence-electron chi connectivity index (χ0n) is 19.4. The standard InChI is InChI=1S/C24H30N4O4S/c1-5-14(2)25-22(29)16-7-6-10-28(12-16)24-26-20-17(13-33-21(20)23(30)27-24)15-8-9-18(31-3)19(11-15)32-4/h8-9,11,13-14,16H,5-7,10,12H2,1-4H3,(H,25,29)(H,26,27,30)/t14-,16+/m0/s1. The lowest BCUT2D eigenvalue weighted by Gasteiger charge is -2.32. The molecule has 2 N–H and O–H groups in total. The topological polar surface area (TPSA) is 96.6 Å². The maximum absolute atomic E-state index is 12.9. The molecule has 0 aliphatic carbocycles. The Morgan fingerprint density at radius 3 is 2.85 bits per heavy atom.